The second kappa shape index (κ2) is 10.7. The minimum absolute atomic E-state index is 0.271. The molecule has 0 radical (unpaired) electrons. The summed E-state index contributed by atoms with van der Waals surface area (Å²) in [6.07, 6.45) is 0. The molecule has 0 amide bonds. The summed E-state index contributed by atoms with van der Waals surface area (Å²) in [6.45, 7) is 0. The standard InChI is InChI=1S/C19H17NO3.BBr3/c1-22-16-10-8-15(9-11-16)20-18-5-3-4-13-6-7-14(12-17(13)18)19(21)23-2;2-1(3)4/h3-12,20H,1-2H3;. The molecule has 0 saturated heterocycles. The number of rotatable bonds is 4. The predicted molar refractivity (Wildman–Crippen MR) is 124 cm³/mol. The van der Waals surface area contributed by atoms with Crippen LogP contribution in [0.15, 0.2) is 60.7 Å². The lowest BCUT2D eigenvalue weighted by atomic mass is 10.0. The van der Waals surface area contributed by atoms with E-state index in [0.29, 0.717) is 5.56 Å². The third kappa shape index (κ3) is 6.55. The van der Waals surface area contributed by atoms with Gasteiger partial charge in [-0.3, -0.25) is 0 Å². The highest BCUT2D eigenvalue weighted by molar-refractivity contribution is 9.69. The number of fused-ring (bicyclic) bond motifs is 1. The molecule has 0 fully saturated rings. The average Bonchev–Trinajstić information content (AvgIpc) is 2.67. The molecule has 0 aliphatic rings. The number of hydrogen-bond donors (Lipinski definition) is 1. The molecule has 8 heteroatoms. The number of nitrogens with one attached hydrogen (secondary N) is 1. The molecule has 0 bridgehead atoms. The Labute approximate surface area is 183 Å². The van der Waals surface area contributed by atoms with Crippen LogP contribution in [0.1, 0.15) is 10.4 Å². The van der Waals surface area contributed by atoms with Crippen LogP contribution < -0.4 is 10.1 Å². The van der Waals surface area contributed by atoms with Gasteiger partial charge in [0, 0.05) is 16.8 Å². The van der Waals surface area contributed by atoms with Crippen LogP contribution >= 0.6 is 47.3 Å². The van der Waals surface area contributed by atoms with E-state index in [2.05, 4.69) is 52.6 Å². The molecule has 0 spiro atoms. The first kappa shape index (κ1) is 21.8. The molecule has 0 saturated carbocycles. The summed E-state index contributed by atoms with van der Waals surface area (Å²) in [5.41, 5.74) is 2.41. The second-order valence-corrected chi connectivity index (χ2v) is 11.8. The van der Waals surface area contributed by atoms with Crippen LogP contribution in [0, 0.1) is 0 Å². The van der Waals surface area contributed by atoms with Gasteiger partial charge in [0.25, 0.3) is 0 Å². The molecule has 0 aromatic heterocycles. The van der Waals surface area contributed by atoms with Gasteiger partial charge in [0.2, 0.25) is 0 Å². The van der Waals surface area contributed by atoms with Gasteiger partial charge in [0.05, 0.1) is 19.8 Å². The highest BCUT2D eigenvalue weighted by atomic mass is 79.9. The van der Waals surface area contributed by atoms with Crippen LogP contribution in [0.25, 0.3) is 10.8 Å². The van der Waals surface area contributed by atoms with Crippen LogP contribution in [-0.2, 0) is 4.74 Å². The Morgan fingerprint density at radius 3 is 2.22 bits per heavy atom. The molecule has 0 atom stereocenters. The Morgan fingerprint density at radius 2 is 1.63 bits per heavy atom. The molecule has 3 aromatic carbocycles. The van der Waals surface area contributed by atoms with Crippen molar-refractivity contribution in [2.75, 3.05) is 19.5 Å². The first-order valence-corrected chi connectivity index (χ1v) is 10.6. The second-order valence-electron chi connectivity index (χ2n) is 5.33. The fourth-order valence-corrected chi connectivity index (χ4v) is 2.46. The van der Waals surface area contributed by atoms with E-state index in [1.165, 1.54) is 7.11 Å². The van der Waals surface area contributed by atoms with E-state index >= 15 is 0 Å². The minimum Gasteiger partial charge on any atom is -0.497 e. The van der Waals surface area contributed by atoms with Gasteiger partial charge in [-0.05, 0) is 47.9 Å². The highest BCUT2D eigenvalue weighted by Crippen LogP contribution is 2.28. The topological polar surface area (TPSA) is 47.6 Å². The molecule has 0 heterocycles. The molecule has 4 nitrogen and oxygen atoms in total. The Balaban J connectivity index is 0.000000596. The average molecular weight is 558 g/mol. The van der Waals surface area contributed by atoms with Gasteiger partial charge in [0.15, 0.2) is 0 Å². The van der Waals surface area contributed by atoms with E-state index in [9.17, 15) is 4.79 Å². The Hall–Kier alpha value is -1.51. The van der Waals surface area contributed by atoms with E-state index in [1.807, 2.05) is 54.6 Å². The maximum absolute atomic E-state index is 11.7. The van der Waals surface area contributed by atoms with Crippen LogP contribution in [0.4, 0.5) is 11.4 Å². The number of carbonyl (C=O) groups is 1. The van der Waals surface area contributed by atoms with Crippen molar-refractivity contribution in [3.8, 4) is 5.75 Å². The van der Waals surface area contributed by atoms with Crippen molar-refractivity contribution in [3.63, 3.8) is 0 Å². The summed E-state index contributed by atoms with van der Waals surface area (Å²) in [7, 11) is 3.02. The van der Waals surface area contributed by atoms with Gasteiger partial charge in [-0.15, -0.1) is 47.3 Å². The summed E-state index contributed by atoms with van der Waals surface area (Å²) >= 11 is 9.31. The molecule has 3 rings (SSSR count). The fourth-order valence-electron chi connectivity index (χ4n) is 2.46. The molecule has 27 heavy (non-hydrogen) atoms. The molecular formula is C19H17BBr3NO3. The highest BCUT2D eigenvalue weighted by Gasteiger charge is 2.08. The Kier molecular flexibility index (Phi) is 8.66. The third-order valence-electron chi connectivity index (χ3n) is 3.67. The van der Waals surface area contributed by atoms with Crippen molar-refractivity contribution in [2.24, 2.45) is 0 Å². The van der Waals surface area contributed by atoms with Crippen molar-refractivity contribution in [1.82, 2.24) is 0 Å². The van der Waals surface area contributed by atoms with Gasteiger partial charge in [-0.25, -0.2) is 4.79 Å². The van der Waals surface area contributed by atoms with Crippen LogP contribution in [0.5, 0.6) is 5.75 Å². The van der Waals surface area contributed by atoms with E-state index < -0.39 is 0 Å². The maximum atomic E-state index is 11.7. The van der Waals surface area contributed by atoms with Crippen LogP contribution in [0.2, 0.25) is 0 Å². The Bertz CT molecular complexity index is 902. The summed E-state index contributed by atoms with van der Waals surface area (Å²) in [5.74, 6) is 0.465. The van der Waals surface area contributed by atoms with Gasteiger partial charge < -0.3 is 14.8 Å². The molecule has 0 aliphatic carbocycles. The third-order valence-corrected chi connectivity index (χ3v) is 3.67. The zero-order chi connectivity index (χ0) is 19.8. The number of hydrogen-bond acceptors (Lipinski definition) is 4. The minimum atomic E-state index is -0.342. The van der Waals surface area contributed by atoms with Gasteiger partial charge in [0.1, 0.15) is 5.75 Å². The van der Waals surface area contributed by atoms with E-state index in [4.69, 9.17) is 9.47 Å². The summed E-state index contributed by atoms with van der Waals surface area (Å²) < 4.78 is 10.2. The number of methoxy groups -OCH3 is 2. The number of carbonyl (C=O) groups excluding carboxylic acids is 1. The Morgan fingerprint density at radius 1 is 0.963 bits per heavy atom. The quantitative estimate of drug-likeness (QED) is 0.293. The van der Waals surface area contributed by atoms with E-state index in [1.54, 1.807) is 13.2 Å². The predicted octanol–water partition coefficient (Wildman–Crippen LogP) is 6.53. The summed E-state index contributed by atoms with van der Waals surface area (Å²) in [6, 6.07) is 19.2. The van der Waals surface area contributed by atoms with E-state index in [-0.39, 0.29) is 9.15 Å². The zero-order valence-electron chi connectivity index (χ0n) is 14.7. The normalized spacial score (nSPS) is 9.81. The molecule has 1 N–H and O–H groups in total. The molecule has 3 aromatic rings. The van der Waals surface area contributed by atoms with Crippen molar-refractivity contribution >= 4 is 78.6 Å². The lowest BCUT2D eigenvalue weighted by Gasteiger charge is -2.11. The lowest BCUT2D eigenvalue weighted by molar-refractivity contribution is 0.0601. The maximum Gasteiger partial charge on any atom is 0.369 e. The summed E-state index contributed by atoms with van der Waals surface area (Å²) in [5, 5.41) is 5.39. The van der Waals surface area contributed by atoms with Crippen LogP contribution in [0.3, 0.4) is 0 Å². The number of ether oxygens (including phenoxy) is 2. The van der Waals surface area contributed by atoms with Crippen molar-refractivity contribution in [3.05, 3.63) is 66.2 Å². The summed E-state index contributed by atoms with van der Waals surface area (Å²) in [4.78, 5) is 11.7. The van der Waals surface area contributed by atoms with Gasteiger partial charge in [-0.2, -0.15) is 0 Å². The SMILES string of the molecule is BrB(Br)Br.COC(=O)c1ccc2cccc(Nc3ccc(OC)cc3)c2c1. The van der Waals surface area contributed by atoms with Crippen molar-refractivity contribution in [1.29, 1.82) is 0 Å². The number of benzene rings is 3. The van der Waals surface area contributed by atoms with Crippen molar-refractivity contribution in [2.45, 2.75) is 0 Å². The fraction of sp³-hybridized carbons (Fsp3) is 0.105. The number of anilines is 2. The number of esters is 1. The van der Waals surface area contributed by atoms with Crippen molar-refractivity contribution < 1.29 is 14.3 Å². The monoisotopic (exact) mass is 555 g/mol. The first-order chi connectivity index (χ1) is 12.9. The van der Waals surface area contributed by atoms with Gasteiger partial charge in [-0.1, -0.05) is 18.2 Å². The largest absolute Gasteiger partial charge is 0.497 e. The lowest BCUT2D eigenvalue weighted by Crippen LogP contribution is -2.01. The number of halogens is 3. The molecule has 0 unspecified atom stereocenters. The zero-order valence-corrected chi connectivity index (χ0v) is 19.5. The molecular weight excluding hydrogens is 541 g/mol. The molecule has 140 valence electrons. The first-order valence-electron chi connectivity index (χ1n) is 7.89. The van der Waals surface area contributed by atoms with Crippen LogP contribution in [-0.4, -0.2) is 23.4 Å². The van der Waals surface area contributed by atoms with E-state index in [0.717, 1.165) is 27.9 Å². The molecule has 0 aliphatic heterocycles. The smallest absolute Gasteiger partial charge is 0.369 e. The van der Waals surface area contributed by atoms with Gasteiger partial charge >= 0.3 is 9.15 Å².